The van der Waals surface area contributed by atoms with Crippen LogP contribution in [0.1, 0.15) is 25.8 Å². The standard InChI is InChI=1S/C18H22FN3O5/c1-3-18(2)16(25)22(17(26)21-18)10-15(24)27-11-14(23)20-9-8-12-4-6-13(19)7-5-12/h4-7H,3,8-11H2,1-2H3,(H,20,23)(H,21,26)/t18-/m1/s1. The molecular weight excluding hydrogens is 357 g/mol. The Bertz CT molecular complexity index is 737. The Kier molecular flexibility index (Phi) is 6.49. The van der Waals surface area contributed by atoms with Gasteiger partial charge in [0.1, 0.15) is 17.9 Å². The maximum Gasteiger partial charge on any atom is 0.326 e. The Labute approximate surface area is 156 Å². The SMILES string of the molecule is CC[C@@]1(C)NC(=O)N(CC(=O)OCC(=O)NCCc2ccc(F)cc2)C1=O. The normalized spacial score (nSPS) is 19.0. The Morgan fingerprint density at radius 3 is 2.52 bits per heavy atom. The molecular formula is C18H22FN3O5. The summed E-state index contributed by atoms with van der Waals surface area (Å²) in [5, 5.41) is 5.09. The van der Waals surface area contributed by atoms with E-state index < -0.39 is 42.5 Å². The van der Waals surface area contributed by atoms with Gasteiger partial charge in [-0.25, -0.2) is 9.18 Å². The third-order valence-electron chi connectivity index (χ3n) is 4.35. The highest BCUT2D eigenvalue weighted by Gasteiger charge is 2.47. The first-order valence-corrected chi connectivity index (χ1v) is 8.56. The Balaban J connectivity index is 1.70. The lowest BCUT2D eigenvalue weighted by Crippen LogP contribution is -2.43. The summed E-state index contributed by atoms with van der Waals surface area (Å²) < 4.78 is 17.6. The van der Waals surface area contributed by atoms with E-state index in [4.69, 9.17) is 4.74 Å². The molecule has 0 radical (unpaired) electrons. The molecule has 8 nitrogen and oxygen atoms in total. The van der Waals surface area contributed by atoms with Crippen molar-refractivity contribution in [3.8, 4) is 0 Å². The van der Waals surface area contributed by atoms with Crippen LogP contribution < -0.4 is 10.6 Å². The maximum atomic E-state index is 12.8. The third kappa shape index (κ3) is 5.25. The number of amides is 4. The van der Waals surface area contributed by atoms with Crippen molar-refractivity contribution < 1.29 is 28.3 Å². The van der Waals surface area contributed by atoms with Crippen LogP contribution in [0, 0.1) is 5.82 Å². The first-order valence-electron chi connectivity index (χ1n) is 8.56. The van der Waals surface area contributed by atoms with Crippen molar-refractivity contribution in [1.29, 1.82) is 0 Å². The van der Waals surface area contributed by atoms with Gasteiger partial charge in [-0.05, 0) is 37.5 Å². The molecule has 27 heavy (non-hydrogen) atoms. The second kappa shape index (κ2) is 8.61. The van der Waals surface area contributed by atoms with E-state index in [9.17, 15) is 23.6 Å². The minimum atomic E-state index is -1.03. The predicted molar refractivity (Wildman–Crippen MR) is 93.0 cm³/mol. The summed E-state index contributed by atoms with van der Waals surface area (Å²) in [5.74, 6) is -2.21. The third-order valence-corrected chi connectivity index (χ3v) is 4.35. The number of imide groups is 1. The Morgan fingerprint density at radius 1 is 1.26 bits per heavy atom. The first-order chi connectivity index (χ1) is 12.7. The first kappa shape index (κ1) is 20.3. The van der Waals surface area contributed by atoms with E-state index in [2.05, 4.69) is 10.6 Å². The van der Waals surface area contributed by atoms with Crippen LogP contribution in [0.4, 0.5) is 9.18 Å². The van der Waals surface area contributed by atoms with Gasteiger partial charge < -0.3 is 15.4 Å². The number of nitrogens with zero attached hydrogens (tertiary/aromatic N) is 1. The van der Waals surface area contributed by atoms with Crippen molar-refractivity contribution in [2.24, 2.45) is 0 Å². The van der Waals surface area contributed by atoms with Crippen LogP contribution in [0.15, 0.2) is 24.3 Å². The van der Waals surface area contributed by atoms with E-state index in [1.807, 2.05) is 0 Å². The molecule has 0 aliphatic carbocycles. The second-order valence-electron chi connectivity index (χ2n) is 6.39. The molecule has 1 fully saturated rings. The highest BCUT2D eigenvalue weighted by atomic mass is 19.1. The smallest absolute Gasteiger partial charge is 0.326 e. The maximum absolute atomic E-state index is 12.8. The van der Waals surface area contributed by atoms with E-state index in [0.29, 0.717) is 19.4 Å². The summed E-state index contributed by atoms with van der Waals surface area (Å²) in [7, 11) is 0. The number of hydrogen-bond donors (Lipinski definition) is 2. The number of benzene rings is 1. The molecule has 0 spiro atoms. The van der Waals surface area contributed by atoms with Crippen molar-refractivity contribution in [2.75, 3.05) is 19.7 Å². The molecule has 1 aliphatic rings. The number of rotatable bonds is 8. The molecule has 1 aromatic carbocycles. The molecule has 9 heteroatoms. The zero-order valence-corrected chi connectivity index (χ0v) is 15.2. The van der Waals surface area contributed by atoms with Gasteiger partial charge in [-0.3, -0.25) is 19.3 Å². The van der Waals surface area contributed by atoms with Crippen LogP contribution in [-0.4, -0.2) is 54.0 Å². The number of ether oxygens (including phenoxy) is 1. The zero-order valence-electron chi connectivity index (χ0n) is 15.2. The topological polar surface area (TPSA) is 105 Å². The lowest BCUT2D eigenvalue weighted by Gasteiger charge is -2.18. The van der Waals surface area contributed by atoms with E-state index in [-0.39, 0.29) is 5.82 Å². The predicted octanol–water partition coefficient (Wildman–Crippen LogP) is 0.748. The Morgan fingerprint density at radius 2 is 1.93 bits per heavy atom. The molecule has 1 aliphatic heterocycles. The molecule has 0 bridgehead atoms. The summed E-state index contributed by atoms with van der Waals surface area (Å²) in [6.45, 7) is 2.55. The molecule has 146 valence electrons. The monoisotopic (exact) mass is 379 g/mol. The molecule has 0 saturated carbocycles. The fourth-order valence-electron chi connectivity index (χ4n) is 2.50. The van der Waals surface area contributed by atoms with Gasteiger partial charge in [0.15, 0.2) is 6.61 Å². The van der Waals surface area contributed by atoms with Gasteiger partial charge in [0, 0.05) is 6.54 Å². The molecule has 1 atom stereocenters. The van der Waals surface area contributed by atoms with Crippen molar-refractivity contribution in [3.63, 3.8) is 0 Å². The molecule has 4 amide bonds. The highest BCUT2D eigenvalue weighted by Crippen LogP contribution is 2.20. The van der Waals surface area contributed by atoms with Crippen LogP contribution in [0.2, 0.25) is 0 Å². The summed E-state index contributed by atoms with van der Waals surface area (Å²) in [4.78, 5) is 48.3. The summed E-state index contributed by atoms with van der Waals surface area (Å²) in [6, 6.07) is 5.23. The molecule has 0 unspecified atom stereocenters. The van der Waals surface area contributed by atoms with Crippen molar-refractivity contribution in [3.05, 3.63) is 35.6 Å². The van der Waals surface area contributed by atoms with E-state index in [0.717, 1.165) is 10.5 Å². The van der Waals surface area contributed by atoms with Gasteiger partial charge >= 0.3 is 12.0 Å². The number of halogens is 1. The van der Waals surface area contributed by atoms with E-state index in [1.54, 1.807) is 26.0 Å². The van der Waals surface area contributed by atoms with Crippen LogP contribution >= 0.6 is 0 Å². The number of hydrogen-bond acceptors (Lipinski definition) is 5. The number of nitrogens with one attached hydrogen (secondary N) is 2. The molecule has 1 saturated heterocycles. The van der Waals surface area contributed by atoms with Gasteiger partial charge in [-0.1, -0.05) is 19.1 Å². The van der Waals surface area contributed by atoms with Gasteiger partial charge in [-0.15, -0.1) is 0 Å². The van der Waals surface area contributed by atoms with E-state index >= 15 is 0 Å². The lowest BCUT2D eigenvalue weighted by molar-refractivity contribution is -0.151. The number of esters is 1. The summed E-state index contributed by atoms with van der Waals surface area (Å²) in [6.07, 6.45) is 0.887. The van der Waals surface area contributed by atoms with Crippen LogP contribution in [0.5, 0.6) is 0 Å². The average molecular weight is 379 g/mol. The van der Waals surface area contributed by atoms with Crippen molar-refractivity contribution in [2.45, 2.75) is 32.2 Å². The minimum Gasteiger partial charge on any atom is -0.454 e. The lowest BCUT2D eigenvalue weighted by atomic mass is 9.99. The van der Waals surface area contributed by atoms with Crippen LogP contribution in [0.3, 0.4) is 0 Å². The number of carbonyl (C=O) groups excluding carboxylic acids is 4. The second-order valence-corrected chi connectivity index (χ2v) is 6.39. The van der Waals surface area contributed by atoms with Crippen molar-refractivity contribution in [1.82, 2.24) is 15.5 Å². The van der Waals surface area contributed by atoms with Gasteiger partial charge in [0.25, 0.3) is 11.8 Å². The number of urea groups is 1. The summed E-state index contributed by atoms with van der Waals surface area (Å²) in [5.41, 5.74) is -0.180. The molecule has 0 aromatic heterocycles. The minimum absolute atomic E-state index is 0.296. The van der Waals surface area contributed by atoms with Gasteiger partial charge in [-0.2, -0.15) is 0 Å². The Hall–Kier alpha value is -2.97. The van der Waals surface area contributed by atoms with Crippen LogP contribution in [0.25, 0.3) is 0 Å². The molecule has 2 N–H and O–H groups in total. The van der Waals surface area contributed by atoms with Crippen molar-refractivity contribution >= 4 is 23.8 Å². The summed E-state index contributed by atoms with van der Waals surface area (Å²) >= 11 is 0. The fourth-order valence-corrected chi connectivity index (χ4v) is 2.50. The average Bonchev–Trinajstić information content (AvgIpc) is 2.85. The van der Waals surface area contributed by atoms with E-state index in [1.165, 1.54) is 12.1 Å². The van der Waals surface area contributed by atoms with Gasteiger partial charge in [0.2, 0.25) is 0 Å². The largest absolute Gasteiger partial charge is 0.454 e. The van der Waals surface area contributed by atoms with Crippen LogP contribution in [-0.2, 0) is 25.5 Å². The zero-order chi connectivity index (χ0) is 20.0. The molecule has 1 heterocycles. The molecule has 2 rings (SSSR count). The van der Waals surface area contributed by atoms with Gasteiger partial charge in [0.05, 0.1) is 0 Å². The highest BCUT2D eigenvalue weighted by molar-refractivity contribution is 6.08. The molecule has 1 aromatic rings. The fraction of sp³-hybridized carbons (Fsp3) is 0.444. The number of carbonyl (C=O) groups is 4. The quantitative estimate of drug-likeness (QED) is 0.512.